The average Bonchev–Trinajstić information content (AvgIpc) is 2.49. The second kappa shape index (κ2) is 8.83. The first kappa shape index (κ1) is 15.1. The van der Waals surface area contributed by atoms with E-state index in [1.165, 1.54) is 76.7 Å². The van der Waals surface area contributed by atoms with Gasteiger partial charge in [-0.25, -0.2) is 4.79 Å². The highest BCUT2D eigenvalue weighted by molar-refractivity contribution is 5.61. The van der Waals surface area contributed by atoms with Crippen molar-refractivity contribution in [2.24, 2.45) is 11.8 Å². The Morgan fingerprint density at radius 1 is 0.700 bits per heavy atom. The average molecular weight is 278 g/mol. The van der Waals surface area contributed by atoms with Crippen molar-refractivity contribution in [2.75, 3.05) is 0 Å². The lowest BCUT2D eigenvalue weighted by Gasteiger charge is -2.17. The van der Waals surface area contributed by atoms with Gasteiger partial charge < -0.3 is 9.47 Å². The zero-order valence-corrected chi connectivity index (χ0v) is 12.3. The highest BCUT2D eigenvalue weighted by Crippen LogP contribution is 2.25. The fourth-order valence-electron chi connectivity index (χ4n) is 3.09. The molecule has 0 bridgehead atoms. The second-order valence-electron chi connectivity index (χ2n) is 5.94. The number of hydrogen-bond acceptors (Lipinski definition) is 3. The van der Waals surface area contributed by atoms with E-state index in [0.29, 0.717) is 11.8 Å². The summed E-state index contributed by atoms with van der Waals surface area (Å²) in [6.45, 7) is 0. The largest absolute Gasteiger partial charge is 0.518 e. The lowest BCUT2D eigenvalue weighted by molar-refractivity contribution is 0.118. The summed E-state index contributed by atoms with van der Waals surface area (Å²) in [4.78, 5) is 11.4. The number of carbonyl (C=O) groups excluding carboxylic acids is 1. The van der Waals surface area contributed by atoms with Crippen LogP contribution in [0.4, 0.5) is 4.79 Å². The molecule has 0 unspecified atom stereocenters. The molecular weight excluding hydrogens is 252 g/mol. The predicted octanol–water partition coefficient (Wildman–Crippen LogP) is 5.33. The standard InChI is InChI=1S/C17H26O3/c18-17(19-13-11-15-7-3-1-4-8-15)20-14-12-16-9-5-2-6-10-16/h11-16H,1-10H2. The first-order valence-electron chi connectivity index (χ1n) is 8.05. The van der Waals surface area contributed by atoms with Crippen LogP contribution < -0.4 is 0 Å². The van der Waals surface area contributed by atoms with Crippen LogP contribution in [-0.4, -0.2) is 6.16 Å². The van der Waals surface area contributed by atoms with Crippen molar-refractivity contribution in [1.82, 2.24) is 0 Å². The van der Waals surface area contributed by atoms with Gasteiger partial charge in [0.25, 0.3) is 0 Å². The number of hydrogen-bond donors (Lipinski definition) is 0. The molecule has 2 rings (SSSR count). The number of carbonyl (C=O) groups is 1. The van der Waals surface area contributed by atoms with Gasteiger partial charge in [-0.2, -0.15) is 0 Å². The van der Waals surface area contributed by atoms with Crippen LogP contribution in [-0.2, 0) is 9.47 Å². The summed E-state index contributed by atoms with van der Waals surface area (Å²) >= 11 is 0. The van der Waals surface area contributed by atoms with Crippen molar-refractivity contribution >= 4 is 6.16 Å². The maximum atomic E-state index is 11.4. The minimum Gasteiger partial charge on any atom is -0.403 e. The Balaban J connectivity index is 1.59. The summed E-state index contributed by atoms with van der Waals surface area (Å²) in [6.07, 6.45) is 18.9. The van der Waals surface area contributed by atoms with Crippen LogP contribution in [0.3, 0.4) is 0 Å². The van der Waals surface area contributed by atoms with E-state index in [4.69, 9.17) is 9.47 Å². The Labute approximate surface area is 122 Å². The smallest absolute Gasteiger partial charge is 0.403 e. The summed E-state index contributed by atoms with van der Waals surface area (Å²) in [7, 11) is 0. The van der Waals surface area contributed by atoms with Crippen molar-refractivity contribution in [3.05, 3.63) is 24.7 Å². The van der Waals surface area contributed by atoms with E-state index in [0.717, 1.165) is 0 Å². The molecule has 112 valence electrons. The zero-order valence-electron chi connectivity index (χ0n) is 12.3. The van der Waals surface area contributed by atoms with Gasteiger partial charge in [-0.15, -0.1) is 0 Å². The highest BCUT2D eigenvalue weighted by atomic mass is 16.7. The van der Waals surface area contributed by atoms with Crippen LogP contribution in [0.15, 0.2) is 24.7 Å². The van der Waals surface area contributed by atoms with Gasteiger partial charge in [-0.3, -0.25) is 0 Å². The van der Waals surface area contributed by atoms with Crippen molar-refractivity contribution in [1.29, 1.82) is 0 Å². The minimum absolute atomic E-state index is 0.564. The highest BCUT2D eigenvalue weighted by Gasteiger charge is 2.11. The van der Waals surface area contributed by atoms with Crippen LogP contribution in [0.25, 0.3) is 0 Å². The lowest BCUT2D eigenvalue weighted by Crippen LogP contribution is -2.05. The molecule has 0 aromatic heterocycles. The summed E-state index contributed by atoms with van der Waals surface area (Å²) < 4.78 is 9.88. The molecule has 0 aromatic rings. The van der Waals surface area contributed by atoms with E-state index in [2.05, 4.69) is 0 Å². The zero-order chi connectivity index (χ0) is 14.0. The van der Waals surface area contributed by atoms with Crippen LogP contribution in [0, 0.1) is 11.8 Å². The predicted molar refractivity (Wildman–Crippen MR) is 79.0 cm³/mol. The van der Waals surface area contributed by atoms with Crippen molar-refractivity contribution in [3.63, 3.8) is 0 Å². The number of ether oxygens (including phenoxy) is 2. The van der Waals surface area contributed by atoms with Crippen LogP contribution in [0.1, 0.15) is 64.2 Å². The van der Waals surface area contributed by atoms with E-state index < -0.39 is 6.16 Å². The van der Waals surface area contributed by atoms with Gasteiger partial charge in [-0.05, 0) is 49.7 Å². The van der Waals surface area contributed by atoms with E-state index >= 15 is 0 Å². The van der Waals surface area contributed by atoms with Gasteiger partial charge in [0, 0.05) is 0 Å². The molecule has 20 heavy (non-hydrogen) atoms. The Morgan fingerprint density at radius 3 is 1.50 bits per heavy atom. The molecule has 3 nitrogen and oxygen atoms in total. The fraction of sp³-hybridized carbons (Fsp3) is 0.706. The summed E-state index contributed by atoms with van der Waals surface area (Å²) in [5.41, 5.74) is 0. The Morgan fingerprint density at radius 2 is 1.10 bits per heavy atom. The third kappa shape index (κ3) is 5.81. The summed E-state index contributed by atoms with van der Waals surface area (Å²) in [5, 5.41) is 0. The van der Waals surface area contributed by atoms with Gasteiger partial charge >= 0.3 is 6.16 Å². The van der Waals surface area contributed by atoms with E-state index in [9.17, 15) is 4.79 Å². The molecule has 0 heterocycles. The van der Waals surface area contributed by atoms with Crippen molar-refractivity contribution < 1.29 is 14.3 Å². The Hall–Kier alpha value is -1.25. The molecule has 0 aromatic carbocycles. The first-order valence-corrected chi connectivity index (χ1v) is 8.05. The van der Waals surface area contributed by atoms with Gasteiger partial charge in [0.2, 0.25) is 0 Å². The molecule has 2 fully saturated rings. The summed E-state index contributed by atoms with van der Waals surface area (Å²) in [6, 6.07) is 0. The summed E-state index contributed by atoms with van der Waals surface area (Å²) in [5.74, 6) is 1.13. The molecule has 0 amide bonds. The molecule has 2 aliphatic rings. The molecular formula is C17H26O3. The molecule has 0 N–H and O–H groups in total. The van der Waals surface area contributed by atoms with E-state index in [-0.39, 0.29) is 0 Å². The Kier molecular flexibility index (Phi) is 6.69. The monoisotopic (exact) mass is 278 g/mol. The Bertz CT molecular complexity index is 302. The molecule has 0 aliphatic heterocycles. The van der Waals surface area contributed by atoms with Gasteiger partial charge in [0.1, 0.15) is 0 Å². The number of allylic oxidation sites excluding steroid dienone is 2. The molecule has 2 saturated carbocycles. The lowest BCUT2D eigenvalue weighted by atomic mass is 9.89. The molecule has 0 radical (unpaired) electrons. The normalized spacial score (nSPS) is 22.4. The third-order valence-electron chi connectivity index (χ3n) is 4.33. The van der Waals surface area contributed by atoms with Gasteiger partial charge in [0.05, 0.1) is 12.5 Å². The van der Waals surface area contributed by atoms with Gasteiger partial charge in [0.15, 0.2) is 0 Å². The topological polar surface area (TPSA) is 35.5 Å². The van der Waals surface area contributed by atoms with Crippen molar-refractivity contribution in [3.8, 4) is 0 Å². The van der Waals surface area contributed by atoms with Crippen LogP contribution in [0.2, 0.25) is 0 Å². The van der Waals surface area contributed by atoms with E-state index in [1.807, 2.05) is 12.2 Å². The van der Waals surface area contributed by atoms with E-state index in [1.54, 1.807) is 0 Å². The third-order valence-corrected chi connectivity index (χ3v) is 4.33. The van der Waals surface area contributed by atoms with Crippen LogP contribution in [0.5, 0.6) is 0 Å². The first-order chi connectivity index (χ1) is 9.84. The fourth-order valence-corrected chi connectivity index (χ4v) is 3.09. The molecule has 0 atom stereocenters. The van der Waals surface area contributed by atoms with Crippen LogP contribution >= 0.6 is 0 Å². The molecule has 0 saturated heterocycles. The quantitative estimate of drug-likeness (QED) is 0.515. The van der Waals surface area contributed by atoms with Gasteiger partial charge in [-0.1, -0.05) is 38.5 Å². The van der Waals surface area contributed by atoms with Crippen molar-refractivity contribution in [2.45, 2.75) is 64.2 Å². The minimum atomic E-state index is -0.635. The molecule has 0 spiro atoms. The SMILES string of the molecule is O=C(OC=CC1CCCCC1)OC=CC1CCCCC1. The maximum Gasteiger partial charge on any atom is 0.518 e. The second-order valence-corrected chi connectivity index (χ2v) is 5.94. The maximum absolute atomic E-state index is 11.4. The number of rotatable bonds is 4. The molecule has 3 heteroatoms. The molecule has 2 aliphatic carbocycles.